The molecule has 0 aliphatic carbocycles. The van der Waals surface area contributed by atoms with Crippen molar-refractivity contribution < 1.29 is 4.52 Å². The van der Waals surface area contributed by atoms with Crippen molar-refractivity contribution in [1.29, 1.82) is 0 Å². The number of halogens is 2. The van der Waals surface area contributed by atoms with Gasteiger partial charge in [0.1, 0.15) is 0 Å². The maximum absolute atomic E-state index is 5.85. The van der Waals surface area contributed by atoms with Crippen molar-refractivity contribution >= 4 is 33.3 Å². The van der Waals surface area contributed by atoms with Crippen LogP contribution in [0, 0.1) is 6.92 Å². The van der Waals surface area contributed by atoms with Gasteiger partial charge in [0, 0.05) is 20.6 Å². The van der Waals surface area contributed by atoms with Gasteiger partial charge in [0.2, 0.25) is 0 Å². The summed E-state index contributed by atoms with van der Waals surface area (Å²) in [5, 5.41) is 4.37. The van der Waals surface area contributed by atoms with Crippen LogP contribution in [0.5, 0.6) is 0 Å². The third-order valence-electron chi connectivity index (χ3n) is 2.14. The normalized spacial score (nSPS) is 10.6. The number of nitrogens with zero attached hydrogens (tertiary/aromatic N) is 1. The summed E-state index contributed by atoms with van der Waals surface area (Å²) in [5.41, 5.74) is 7.33. The Morgan fingerprint density at radius 2 is 2.20 bits per heavy atom. The van der Waals surface area contributed by atoms with E-state index in [9.17, 15) is 0 Å². The van der Waals surface area contributed by atoms with Crippen LogP contribution < -0.4 is 5.73 Å². The summed E-state index contributed by atoms with van der Waals surface area (Å²) in [6.07, 6.45) is 0. The van der Waals surface area contributed by atoms with Gasteiger partial charge in [0.05, 0.1) is 0 Å². The summed E-state index contributed by atoms with van der Waals surface area (Å²) in [6, 6.07) is 5.45. The Hall–Kier alpha value is -1.000. The molecule has 0 fully saturated rings. The summed E-state index contributed by atoms with van der Waals surface area (Å²) in [4.78, 5) is 0. The lowest BCUT2D eigenvalue weighted by molar-refractivity contribution is 0.435. The molecule has 15 heavy (non-hydrogen) atoms. The van der Waals surface area contributed by atoms with Crippen molar-refractivity contribution in [1.82, 2.24) is 5.16 Å². The van der Waals surface area contributed by atoms with Gasteiger partial charge in [0.25, 0.3) is 0 Å². The molecule has 1 heterocycles. The molecule has 0 amide bonds. The van der Waals surface area contributed by atoms with Gasteiger partial charge in [-0.05, 0) is 41.1 Å². The van der Waals surface area contributed by atoms with E-state index >= 15 is 0 Å². The van der Waals surface area contributed by atoms with Gasteiger partial charge in [-0.2, -0.15) is 0 Å². The van der Waals surface area contributed by atoms with Crippen LogP contribution in [0.4, 0.5) is 5.82 Å². The highest BCUT2D eigenvalue weighted by Gasteiger charge is 2.14. The number of hydrogen-bond donors (Lipinski definition) is 1. The highest BCUT2D eigenvalue weighted by Crippen LogP contribution is 2.34. The predicted octanol–water partition coefficient (Wildman–Crippen LogP) is 3.65. The first-order valence-electron chi connectivity index (χ1n) is 4.26. The number of hydrogen-bond acceptors (Lipinski definition) is 3. The minimum Gasteiger partial charge on any atom is -0.381 e. The number of rotatable bonds is 1. The second-order valence-corrected chi connectivity index (χ2v) is 4.44. The lowest BCUT2D eigenvalue weighted by Gasteiger charge is -2.01. The summed E-state index contributed by atoms with van der Waals surface area (Å²) in [7, 11) is 0. The molecule has 0 atom stereocenters. The molecule has 0 aliphatic heterocycles. The van der Waals surface area contributed by atoms with Gasteiger partial charge >= 0.3 is 0 Å². The van der Waals surface area contributed by atoms with E-state index < -0.39 is 0 Å². The van der Waals surface area contributed by atoms with Crippen LogP contribution in [0.3, 0.4) is 0 Å². The number of nitrogen functional groups attached to an aromatic ring is 1. The molecular weight excluding hydrogens is 279 g/mol. The van der Waals surface area contributed by atoms with E-state index in [0.717, 1.165) is 15.6 Å². The highest BCUT2D eigenvalue weighted by molar-refractivity contribution is 9.10. The lowest BCUT2D eigenvalue weighted by Crippen LogP contribution is -1.86. The molecule has 2 aromatic rings. The molecular formula is C10H8BrClN2O. The van der Waals surface area contributed by atoms with Crippen LogP contribution in [0.2, 0.25) is 5.02 Å². The third kappa shape index (κ3) is 1.87. The second-order valence-electron chi connectivity index (χ2n) is 3.15. The first-order chi connectivity index (χ1) is 7.09. The van der Waals surface area contributed by atoms with Crippen LogP contribution in [-0.4, -0.2) is 5.16 Å². The molecule has 1 aromatic heterocycles. The topological polar surface area (TPSA) is 52.0 Å². The van der Waals surface area contributed by atoms with Crippen LogP contribution in [0.25, 0.3) is 11.3 Å². The summed E-state index contributed by atoms with van der Waals surface area (Å²) >= 11 is 9.26. The molecule has 2 N–H and O–H groups in total. The minimum atomic E-state index is 0.409. The fourth-order valence-corrected chi connectivity index (χ4v) is 2.14. The van der Waals surface area contributed by atoms with Gasteiger partial charge in [-0.1, -0.05) is 16.8 Å². The van der Waals surface area contributed by atoms with Crippen molar-refractivity contribution in [3.05, 3.63) is 33.3 Å². The van der Waals surface area contributed by atoms with E-state index in [1.165, 1.54) is 0 Å². The van der Waals surface area contributed by atoms with E-state index in [0.29, 0.717) is 16.6 Å². The standard InChI is InChI=1S/C10H8BrClN2O/c1-5-9(15-14-10(5)13)7-3-2-6(12)4-8(7)11/h2-4H,1H3,(H2,13,14). The maximum Gasteiger partial charge on any atom is 0.173 e. The minimum absolute atomic E-state index is 0.409. The van der Waals surface area contributed by atoms with Crippen molar-refractivity contribution in [2.75, 3.05) is 5.73 Å². The Labute approximate surface area is 100 Å². The molecule has 0 saturated carbocycles. The van der Waals surface area contributed by atoms with Gasteiger partial charge < -0.3 is 10.3 Å². The second kappa shape index (κ2) is 3.87. The first-order valence-corrected chi connectivity index (χ1v) is 5.44. The monoisotopic (exact) mass is 286 g/mol. The summed E-state index contributed by atoms with van der Waals surface area (Å²) < 4.78 is 6.01. The average molecular weight is 288 g/mol. The maximum atomic E-state index is 5.85. The summed E-state index contributed by atoms with van der Waals surface area (Å²) in [5.74, 6) is 1.07. The van der Waals surface area contributed by atoms with Crippen LogP contribution in [0.1, 0.15) is 5.56 Å². The number of nitrogens with two attached hydrogens (primary N) is 1. The molecule has 3 nitrogen and oxygen atoms in total. The van der Waals surface area contributed by atoms with Crippen LogP contribution in [0.15, 0.2) is 27.2 Å². The lowest BCUT2D eigenvalue weighted by atomic mass is 10.1. The van der Waals surface area contributed by atoms with Crippen molar-refractivity contribution in [2.45, 2.75) is 6.92 Å². The molecule has 0 saturated heterocycles. The number of benzene rings is 1. The molecule has 2 rings (SSSR count). The van der Waals surface area contributed by atoms with Crippen LogP contribution >= 0.6 is 27.5 Å². The smallest absolute Gasteiger partial charge is 0.173 e. The Kier molecular flexibility index (Phi) is 2.71. The summed E-state index contributed by atoms with van der Waals surface area (Å²) in [6.45, 7) is 1.86. The molecule has 0 unspecified atom stereocenters. The largest absolute Gasteiger partial charge is 0.381 e. The highest BCUT2D eigenvalue weighted by atomic mass is 79.9. The zero-order valence-corrected chi connectivity index (χ0v) is 10.3. The zero-order chi connectivity index (χ0) is 11.0. The fraction of sp³-hybridized carbons (Fsp3) is 0.100. The Balaban J connectivity index is 2.59. The van der Waals surface area contributed by atoms with E-state index in [4.69, 9.17) is 21.9 Å². The first kappa shape index (κ1) is 10.5. The molecule has 78 valence electrons. The molecule has 0 aliphatic rings. The number of aromatic nitrogens is 1. The van der Waals surface area contributed by atoms with Gasteiger partial charge in [0.15, 0.2) is 11.6 Å². The Bertz CT molecular complexity index is 510. The quantitative estimate of drug-likeness (QED) is 0.871. The van der Waals surface area contributed by atoms with Crippen molar-refractivity contribution in [2.24, 2.45) is 0 Å². The fourth-order valence-electron chi connectivity index (χ4n) is 1.27. The van der Waals surface area contributed by atoms with Crippen molar-refractivity contribution in [3.63, 3.8) is 0 Å². The molecule has 0 spiro atoms. The predicted molar refractivity (Wildman–Crippen MR) is 63.8 cm³/mol. The van der Waals surface area contributed by atoms with E-state index in [-0.39, 0.29) is 0 Å². The number of anilines is 1. The van der Waals surface area contributed by atoms with Gasteiger partial charge in [-0.25, -0.2) is 0 Å². The van der Waals surface area contributed by atoms with E-state index in [1.807, 2.05) is 13.0 Å². The zero-order valence-electron chi connectivity index (χ0n) is 7.92. The van der Waals surface area contributed by atoms with Crippen molar-refractivity contribution in [3.8, 4) is 11.3 Å². The van der Waals surface area contributed by atoms with Crippen LogP contribution in [-0.2, 0) is 0 Å². The Morgan fingerprint density at radius 1 is 1.47 bits per heavy atom. The molecule has 1 aromatic carbocycles. The molecule has 0 radical (unpaired) electrons. The molecule has 0 bridgehead atoms. The average Bonchev–Trinajstić information content (AvgIpc) is 2.49. The third-order valence-corrected chi connectivity index (χ3v) is 3.03. The molecule has 5 heteroatoms. The van der Waals surface area contributed by atoms with E-state index in [1.54, 1.807) is 12.1 Å². The van der Waals surface area contributed by atoms with E-state index in [2.05, 4.69) is 21.1 Å². The Morgan fingerprint density at radius 3 is 2.73 bits per heavy atom. The van der Waals surface area contributed by atoms with Gasteiger partial charge in [-0.3, -0.25) is 0 Å². The van der Waals surface area contributed by atoms with Gasteiger partial charge in [-0.15, -0.1) is 0 Å². The SMILES string of the molecule is Cc1c(N)noc1-c1ccc(Cl)cc1Br.